The summed E-state index contributed by atoms with van der Waals surface area (Å²) >= 11 is 0. The summed E-state index contributed by atoms with van der Waals surface area (Å²) in [6.07, 6.45) is -1.98. The Labute approximate surface area is 283 Å². The van der Waals surface area contributed by atoms with E-state index in [1.165, 1.54) is 10.9 Å². The number of halogens is 4. The van der Waals surface area contributed by atoms with Gasteiger partial charge in [0.15, 0.2) is 28.4 Å². The lowest BCUT2D eigenvalue weighted by Gasteiger charge is -2.54. The second-order valence-corrected chi connectivity index (χ2v) is 12.6. The monoisotopic (exact) mass is 697 g/mol. The van der Waals surface area contributed by atoms with E-state index >= 15 is 0 Å². The van der Waals surface area contributed by atoms with Gasteiger partial charge in [0.05, 0.1) is 28.7 Å². The molecule has 0 bridgehead atoms. The molecule has 3 aromatic heterocycles. The van der Waals surface area contributed by atoms with Crippen LogP contribution in [0.3, 0.4) is 0 Å². The lowest BCUT2D eigenvalue weighted by Crippen LogP contribution is -2.67. The van der Waals surface area contributed by atoms with E-state index in [-0.39, 0.29) is 59.9 Å². The van der Waals surface area contributed by atoms with Gasteiger partial charge in [-0.1, -0.05) is 6.92 Å². The van der Waals surface area contributed by atoms with Crippen LogP contribution in [-0.2, 0) is 23.9 Å². The van der Waals surface area contributed by atoms with Crippen LogP contribution < -0.4 is 20.5 Å². The number of aromatic hydroxyl groups is 1. The van der Waals surface area contributed by atoms with Gasteiger partial charge in [0.2, 0.25) is 11.3 Å². The van der Waals surface area contributed by atoms with Crippen molar-refractivity contribution < 1.29 is 32.3 Å². The van der Waals surface area contributed by atoms with Gasteiger partial charge in [-0.3, -0.25) is 14.4 Å². The predicted octanol–water partition coefficient (Wildman–Crippen LogP) is 3.82. The van der Waals surface area contributed by atoms with E-state index in [1.807, 2.05) is 4.90 Å². The van der Waals surface area contributed by atoms with Gasteiger partial charge in [0.25, 0.3) is 5.91 Å². The number of anilines is 3. The largest absolute Gasteiger partial charge is 0.504 e. The third-order valence-electron chi connectivity index (χ3n) is 9.28. The molecule has 2 aliphatic rings. The maximum atomic E-state index is 14.7. The SMILES string of the molecule is CCc1c(N2CCN(C(=O)c3ncnc(C)c3O)[C@H]3CC[C@@H]32)c(=O)c2nc(N(C)C)c(C)nc2n1CC(=O)Nc1ccc(C(F)(F)F)cc1F. The number of carbonyl (C=O) groups excluding carboxylic acids is 2. The first kappa shape index (κ1) is 34.5. The number of nitrogens with one attached hydrogen (secondary N) is 1. The average Bonchev–Trinajstić information content (AvgIpc) is 3.03. The molecule has 1 saturated heterocycles. The van der Waals surface area contributed by atoms with Gasteiger partial charge in [0.1, 0.15) is 24.4 Å². The number of carbonyl (C=O) groups is 2. The maximum Gasteiger partial charge on any atom is 0.416 e. The number of rotatable bonds is 7. The number of aryl methyl sites for hydroxylation is 2. The predicted molar refractivity (Wildman–Crippen MR) is 176 cm³/mol. The van der Waals surface area contributed by atoms with Crippen molar-refractivity contribution in [3.63, 3.8) is 0 Å². The second kappa shape index (κ2) is 12.8. The number of benzene rings is 1. The van der Waals surface area contributed by atoms with Gasteiger partial charge in [-0.15, -0.1) is 0 Å². The Bertz CT molecular complexity index is 2090. The summed E-state index contributed by atoms with van der Waals surface area (Å²) in [5.74, 6) is -2.32. The molecule has 17 heteroatoms. The number of nitrogens with zero attached hydrogens (tertiary/aromatic N) is 8. The van der Waals surface area contributed by atoms with Crippen LogP contribution in [-0.4, -0.2) is 85.6 Å². The minimum absolute atomic E-state index is 0.00391. The van der Waals surface area contributed by atoms with E-state index in [4.69, 9.17) is 0 Å². The smallest absolute Gasteiger partial charge is 0.416 e. The number of hydrogen-bond acceptors (Lipinski definition) is 10. The Hall–Kier alpha value is -5.35. The fourth-order valence-electron chi connectivity index (χ4n) is 6.74. The van der Waals surface area contributed by atoms with Crippen molar-refractivity contribution in [1.82, 2.24) is 29.4 Å². The number of pyridine rings is 1. The van der Waals surface area contributed by atoms with E-state index in [2.05, 4.69) is 25.3 Å². The Morgan fingerprint density at radius 2 is 1.78 bits per heavy atom. The molecule has 1 aliphatic carbocycles. The summed E-state index contributed by atoms with van der Waals surface area (Å²) in [6, 6.07) is 1.26. The minimum Gasteiger partial charge on any atom is -0.504 e. The molecule has 0 spiro atoms. The normalized spacial score (nSPS) is 17.4. The average molecular weight is 698 g/mol. The number of fused-ring (bicyclic) bond motifs is 2. The van der Waals surface area contributed by atoms with E-state index in [9.17, 15) is 37.1 Å². The summed E-state index contributed by atoms with van der Waals surface area (Å²) in [6.45, 7) is 5.08. The molecule has 6 rings (SSSR count). The van der Waals surface area contributed by atoms with E-state index < -0.39 is 47.0 Å². The highest BCUT2D eigenvalue weighted by atomic mass is 19.4. The van der Waals surface area contributed by atoms with Gasteiger partial charge in [-0.2, -0.15) is 13.2 Å². The fraction of sp³-hybridized carbons (Fsp3) is 0.424. The Morgan fingerprint density at radius 3 is 2.40 bits per heavy atom. The zero-order chi connectivity index (χ0) is 36.2. The van der Waals surface area contributed by atoms with Gasteiger partial charge < -0.3 is 29.7 Å². The molecule has 1 aromatic carbocycles. The summed E-state index contributed by atoms with van der Waals surface area (Å²) in [7, 11) is 3.50. The van der Waals surface area contributed by atoms with Crippen molar-refractivity contribution in [2.45, 2.75) is 64.8 Å². The fourth-order valence-corrected chi connectivity index (χ4v) is 6.74. The Morgan fingerprint density at radius 1 is 1.06 bits per heavy atom. The summed E-state index contributed by atoms with van der Waals surface area (Å²) in [4.78, 5) is 64.0. The van der Waals surface area contributed by atoms with E-state index in [0.29, 0.717) is 47.9 Å². The minimum atomic E-state index is -4.76. The van der Waals surface area contributed by atoms with Crippen molar-refractivity contribution in [1.29, 1.82) is 0 Å². The Balaban J connectivity index is 1.41. The summed E-state index contributed by atoms with van der Waals surface area (Å²) in [5.41, 5.74) is -0.532. The molecule has 2 atom stereocenters. The van der Waals surface area contributed by atoms with E-state index in [0.717, 1.165) is 6.07 Å². The number of alkyl halides is 3. The van der Waals surface area contributed by atoms with Crippen molar-refractivity contribution >= 4 is 40.2 Å². The van der Waals surface area contributed by atoms with Gasteiger partial charge in [-0.05, 0) is 51.3 Å². The zero-order valence-corrected chi connectivity index (χ0v) is 28.0. The molecule has 1 saturated carbocycles. The Kier molecular flexibility index (Phi) is 8.86. The van der Waals surface area contributed by atoms with Crippen LogP contribution in [0.25, 0.3) is 11.2 Å². The van der Waals surface area contributed by atoms with Crippen molar-refractivity contribution in [2.24, 2.45) is 0 Å². The first-order valence-corrected chi connectivity index (χ1v) is 16.0. The molecule has 4 heterocycles. The van der Waals surface area contributed by atoms with Crippen molar-refractivity contribution in [2.75, 3.05) is 42.3 Å². The van der Waals surface area contributed by atoms with Gasteiger partial charge >= 0.3 is 6.18 Å². The van der Waals surface area contributed by atoms with Crippen LogP contribution >= 0.6 is 0 Å². The molecule has 2 amide bonds. The number of aromatic nitrogens is 5. The topological polar surface area (TPSA) is 150 Å². The number of piperazine rings is 1. The molecule has 1 aliphatic heterocycles. The third-order valence-corrected chi connectivity index (χ3v) is 9.28. The molecule has 4 aromatic rings. The number of amides is 2. The lowest BCUT2D eigenvalue weighted by atomic mass is 9.81. The maximum absolute atomic E-state index is 14.7. The highest BCUT2D eigenvalue weighted by molar-refractivity contribution is 5.96. The zero-order valence-electron chi connectivity index (χ0n) is 28.0. The molecular formula is C33H35F4N9O4. The molecule has 264 valence electrons. The van der Waals surface area contributed by atoms with Crippen LogP contribution in [0, 0.1) is 19.7 Å². The lowest BCUT2D eigenvalue weighted by molar-refractivity contribution is -0.137. The van der Waals surface area contributed by atoms with Crippen LogP contribution in [0.1, 0.15) is 52.9 Å². The van der Waals surface area contributed by atoms with Crippen molar-refractivity contribution in [3.05, 3.63) is 68.9 Å². The summed E-state index contributed by atoms with van der Waals surface area (Å²) < 4.78 is 55.5. The number of hydrogen-bond donors (Lipinski definition) is 2. The highest BCUT2D eigenvalue weighted by Gasteiger charge is 2.47. The molecule has 0 unspecified atom stereocenters. The second-order valence-electron chi connectivity index (χ2n) is 12.6. The molecule has 0 radical (unpaired) electrons. The first-order chi connectivity index (χ1) is 23.6. The molecule has 50 heavy (non-hydrogen) atoms. The van der Waals surface area contributed by atoms with Crippen LogP contribution in [0.15, 0.2) is 29.3 Å². The van der Waals surface area contributed by atoms with Crippen molar-refractivity contribution in [3.8, 4) is 5.75 Å². The van der Waals surface area contributed by atoms with Gasteiger partial charge in [-0.25, -0.2) is 24.3 Å². The van der Waals surface area contributed by atoms with Crippen LogP contribution in [0.4, 0.5) is 34.8 Å². The quantitative estimate of drug-likeness (QED) is 0.273. The van der Waals surface area contributed by atoms with E-state index in [1.54, 1.807) is 44.7 Å². The third kappa shape index (κ3) is 5.94. The first-order valence-electron chi connectivity index (χ1n) is 16.0. The summed E-state index contributed by atoms with van der Waals surface area (Å²) in [5, 5.41) is 12.9. The molecule has 13 nitrogen and oxygen atoms in total. The molecular weight excluding hydrogens is 662 g/mol. The van der Waals surface area contributed by atoms with Crippen LogP contribution in [0.5, 0.6) is 5.75 Å². The highest BCUT2D eigenvalue weighted by Crippen LogP contribution is 2.39. The standard InChI is InChI=1S/C33H35F4N9O4/c1-6-21-27(44-11-12-45(23-10-9-22(23)44)32(50)26-28(48)16(2)38-15-39-26)29(49)25-31(40-17(3)30(42-25)43(4)5)46(21)14-24(47)41-20-8-7-18(13-19(20)34)33(35,36)37/h7-8,13,15,22-23,48H,6,9-12,14H2,1-5H3,(H,41,47)/t22-,23-/m0/s1. The molecule has 2 fully saturated rings. The molecule has 2 N–H and O–H groups in total. The van der Waals surface area contributed by atoms with Crippen LogP contribution in [0.2, 0.25) is 0 Å². The van der Waals surface area contributed by atoms with Gasteiger partial charge in [0, 0.05) is 38.9 Å².